The first kappa shape index (κ1) is 19.9. The number of methoxy groups -OCH3 is 1. The predicted octanol–water partition coefficient (Wildman–Crippen LogP) is 2.79. The number of carbonyl (C=O) groups excluding carboxylic acids is 1. The maximum atomic E-state index is 12.7. The SMILES string of the molecule is CCNC(=O)c1cc(S(=O)(=O)N[C@H](C)c2ccc(C)cc2)ccc1OC. The van der Waals surface area contributed by atoms with E-state index in [2.05, 4.69) is 10.0 Å². The largest absolute Gasteiger partial charge is 0.496 e. The second-order valence-electron chi connectivity index (χ2n) is 5.98. The summed E-state index contributed by atoms with van der Waals surface area (Å²) in [6, 6.07) is 11.5. The quantitative estimate of drug-likeness (QED) is 0.778. The second kappa shape index (κ2) is 8.33. The fourth-order valence-corrected chi connectivity index (χ4v) is 3.77. The van der Waals surface area contributed by atoms with Crippen LogP contribution in [0.4, 0.5) is 0 Å². The van der Waals surface area contributed by atoms with Crippen molar-refractivity contribution in [3.05, 3.63) is 59.2 Å². The zero-order chi connectivity index (χ0) is 19.3. The van der Waals surface area contributed by atoms with E-state index in [9.17, 15) is 13.2 Å². The fraction of sp³-hybridized carbons (Fsp3) is 0.316. The van der Waals surface area contributed by atoms with E-state index in [1.54, 1.807) is 13.8 Å². The third-order valence-electron chi connectivity index (χ3n) is 3.97. The minimum Gasteiger partial charge on any atom is -0.496 e. The fourth-order valence-electron chi connectivity index (χ4n) is 2.51. The molecule has 0 bridgehead atoms. The van der Waals surface area contributed by atoms with Gasteiger partial charge in [-0.3, -0.25) is 4.79 Å². The molecular weight excluding hydrogens is 352 g/mol. The molecule has 1 atom stereocenters. The van der Waals surface area contributed by atoms with Crippen molar-refractivity contribution in [3.63, 3.8) is 0 Å². The number of rotatable bonds is 7. The van der Waals surface area contributed by atoms with Crippen molar-refractivity contribution in [2.45, 2.75) is 31.7 Å². The van der Waals surface area contributed by atoms with Crippen molar-refractivity contribution in [2.24, 2.45) is 0 Å². The van der Waals surface area contributed by atoms with Gasteiger partial charge in [-0.1, -0.05) is 29.8 Å². The van der Waals surface area contributed by atoms with E-state index >= 15 is 0 Å². The van der Waals surface area contributed by atoms with Crippen molar-refractivity contribution < 1.29 is 17.9 Å². The summed E-state index contributed by atoms with van der Waals surface area (Å²) in [5.74, 6) is -0.0607. The molecule has 0 spiro atoms. The van der Waals surface area contributed by atoms with Crippen LogP contribution in [0.2, 0.25) is 0 Å². The summed E-state index contributed by atoms with van der Waals surface area (Å²) >= 11 is 0. The van der Waals surface area contributed by atoms with Gasteiger partial charge in [0, 0.05) is 12.6 Å². The Hall–Kier alpha value is -2.38. The molecule has 26 heavy (non-hydrogen) atoms. The maximum absolute atomic E-state index is 12.7. The van der Waals surface area contributed by atoms with Crippen LogP contribution >= 0.6 is 0 Å². The highest BCUT2D eigenvalue weighted by molar-refractivity contribution is 7.89. The van der Waals surface area contributed by atoms with Gasteiger partial charge in [-0.25, -0.2) is 13.1 Å². The molecule has 1 amide bonds. The molecule has 0 aromatic heterocycles. The van der Waals surface area contributed by atoms with Gasteiger partial charge in [0.1, 0.15) is 5.75 Å². The summed E-state index contributed by atoms with van der Waals surface area (Å²) in [6.45, 7) is 5.97. The Morgan fingerprint density at radius 3 is 2.38 bits per heavy atom. The van der Waals surface area contributed by atoms with E-state index in [4.69, 9.17) is 4.74 Å². The maximum Gasteiger partial charge on any atom is 0.255 e. The first-order valence-electron chi connectivity index (χ1n) is 8.33. The first-order valence-corrected chi connectivity index (χ1v) is 9.82. The average Bonchev–Trinajstić information content (AvgIpc) is 2.61. The molecule has 0 radical (unpaired) electrons. The molecule has 7 heteroatoms. The zero-order valence-electron chi connectivity index (χ0n) is 15.4. The van der Waals surface area contributed by atoms with Gasteiger partial charge in [-0.15, -0.1) is 0 Å². The highest BCUT2D eigenvalue weighted by Gasteiger charge is 2.22. The van der Waals surface area contributed by atoms with Crippen LogP contribution < -0.4 is 14.8 Å². The molecule has 0 aliphatic rings. The summed E-state index contributed by atoms with van der Waals surface area (Å²) < 4.78 is 33.3. The first-order chi connectivity index (χ1) is 12.3. The zero-order valence-corrected chi connectivity index (χ0v) is 16.2. The lowest BCUT2D eigenvalue weighted by atomic mass is 10.1. The highest BCUT2D eigenvalue weighted by Crippen LogP contribution is 2.24. The van der Waals surface area contributed by atoms with Crippen LogP contribution in [0.15, 0.2) is 47.4 Å². The molecule has 0 saturated carbocycles. The van der Waals surface area contributed by atoms with E-state index in [1.165, 1.54) is 25.3 Å². The molecule has 2 N–H and O–H groups in total. The van der Waals surface area contributed by atoms with Gasteiger partial charge in [-0.05, 0) is 44.5 Å². The Morgan fingerprint density at radius 2 is 1.81 bits per heavy atom. The van der Waals surface area contributed by atoms with Gasteiger partial charge in [0.25, 0.3) is 5.91 Å². The lowest BCUT2D eigenvalue weighted by Crippen LogP contribution is -2.28. The molecule has 0 aliphatic heterocycles. The van der Waals surface area contributed by atoms with E-state index < -0.39 is 16.1 Å². The van der Waals surface area contributed by atoms with Gasteiger partial charge < -0.3 is 10.1 Å². The smallest absolute Gasteiger partial charge is 0.255 e. The molecule has 0 heterocycles. The third-order valence-corrected chi connectivity index (χ3v) is 5.51. The summed E-state index contributed by atoms with van der Waals surface area (Å²) in [6.07, 6.45) is 0. The number of carbonyl (C=O) groups is 1. The molecule has 140 valence electrons. The number of aryl methyl sites for hydroxylation is 1. The normalized spacial score (nSPS) is 12.5. The lowest BCUT2D eigenvalue weighted by molar-refractivity contribution is 0.0952. The van der Waals surface area contributed by atoms with Gasteiger partial charge in [-0.2, -0.15) is 0 Å². The number of amides is 1. The molecular formula is C19H24N2O4S. The highest BCUT2D eigenvalue weighted by atomic mass is 32.2. The molecule has 0 saturated heterocycles. The van der Waals surface area contributed by atoms with E-state index in [0.29, 0.717) is 12.3 Å². The van der Waals surface area contributed by atoms with Gasteiger partial charge in [0.2, 0.25) is 10.0 Å². The summed E-state index contributed by atoms with van der Waals surface area (Å²) in [5.41, 5.74) is 2.14. The van der Waals surface area contributed by atoms with Gasteiger partial charge in [0.15, 0.2) is 0 Å². The molecule has 2 aromatic carbocycles. The van der Waals surface area contributed by atoms with Crippen molar-refractivity contribution in [1.29, 1.82) is 0 Å². The van der Waals surface area contributed by atoms with Gasteiger partial charge >= 0.3 is 0 Å². The topological polar surface area (TPSA) is 84.5 Å². The van der Waals surface area contributed by atoms with Crippen LogP contribution in [0.5, 0.6) is 5.75 Å². The number of ether oxygens (including phenoxy) is 1. The van der Waals surface area contributed by atoms with Crippen LogP contribution in [0, 0.1) is 6.92 Å². The van der Waals surface area contributed by atoms with E-state index in [0.717, 1.165) is 11.1 Å². The third kappa shape index (κ3) is 4.62. The van der Waals surface area contributed by atoms with Crippen molar-refractivity contribution >= 4 is 15.9 Å². The number of nitrogens with one attached hydrogen (secondary N) is 2. The summed E-state index contributed by atoms with van der Waals surface area (Å²) in [5, 5.41) is 2.65. The Kier molecular flexibility index (Phi) is 6.39. The minimum atomic E-state index is -3.80. The second-order valence-corrected chi connectivity index (χ2v) is 7.69. The number of hydrogen-bond donors (Lipinski definition) is 2. The van der Waals surface area contributed by atoms with Gasteiger partial charge in [0.05, 0.1) is 17.6 Å². The van der Waals surface area contributed by atoms with Crippen LogP contribution in [0.3, 0.4) is 0 Å². The van der Waals surface area contributed by atoms with Crippen molar-refractivity contribution in [1.82, 2.24) is 10.0 Å². The van der Waals surface area contributed by atoms with E-state index in [1.807, 2.05) is 31.2 Å². The average molecular weight is 376 g/mol. The summed E-state index contributed by atoms with van der Waals surface area (Å²) in [7, 11) is -2.36. The predicted molar refractivity (Wildman–Crippen MR) is 101 cm³/mol. The monoisotopic (exact) mass is 376 g/mol. The standard InChI is InChI=1S/C19H24N2O4S/c1-5-20-19(22)17-12-16(10-11-18(17)25-4)26(23,24)21-14(3)15-8-6-13(2)7-9-15/h6-12,14,21H,5H2,1-4H3,(H,20,22)/t14-/m1/s1. The molecule has 0 aliphatic carbocycles. The molecule has 6 nitrogen and oxygen atoms in total. The Labute approximate surface area is 154 Å². The van der Waals surface area contributed by atoms with Crippen LogP contribution in [0.25, 0.3) is 0 Å². The number of hydrogen-bond acceptors (Lipinski definition) is 4. The minimum absolute atomic E-state index is 0.0125. The molecule has 2 aromatic rings. The Morgan fingerprint density at radius 1 is 1.15 bits per heavy atom. The van der Waals surface area contributed by atoms with Crippen LogP contribution in [0.1, 0.15) is 41.4 Å². The van der Waals surface area contributed by atoms with Crippen LogP contribution in [-0.4, -0.2) is 28.0 Å². The van der Waals surface area contributed by atoms with Crippen molar-refractivity contribution in [3.8, 4) is 5.75 Å². The Bertz CT molecular complexity index is 877. The molecule has 0 unspecified atom stereocenters. The van der Waals surface area contributed by atoms with Crippen LogP contribution in [-0.2, 0) is 10.0 Å². The van der Waals surface area contributed by atoms with Crippen molar-refractivity contribution in [2.75, 3.05) is 13.7 Å². The Balaban J connectivity index is 2.31. The molecule has 0 fully saturated rings. The molecule has 2 rings (SSSR count). The summed E-state index contributed by atoms with van der Waals surface area (Å²) in [4.78, 5) is 12.2. The number of sulfonamides is 1. The number of benzene rings is 2. The lowest BCUT2D eigenvalue weighted by Gasteiger charge is -2.16. The van der Waals surface area contributed by atoms with E-state index in [-0.39, 0.29) is 16.4 Å².